The van der Waals surface area contributed by atoms with Crippen molar-refractivity contribution in [2.45, 2.75) is 26.8 Å². The zero-order valence-corrected chi connectivity index (χ0v) is 9.03. The lowest BCUT2D eigenvalue weighted by Crippen LogP contribution is -2.40. The summed E-state index contributed by atoms with van der Waals surface area (Å²) < 4.78 is 5.51. The lowest BCUT2D eigenvalue weighted by Gasteiger charge is -2.26. The highest BCUT2D eigenvalue weighted by atomic mass is 16.5. The first-order chi connectivity index (χ1) is 6.50. The molecular formula is C11H18N2O. The van der Waals surface area contributed by atoms with Crippen LogP contribution >= 0.6 is 0 Å². The van der Waals surface area contributed by atoms with Crippen LogP contribution < -0.4 is 10.5 Å². The average molecular weight is 194 g/mol. The lowest BCUT2D eigenvalue weighted by atomic mass is 9.88. The predicted octanol–water partition coefficient (Wildman–Crippen LogP) is 1.83. The van der Waals surface area contributed by atoms with Gasteiger partial charge in [0.25, 0.3) is 0 Å². The Balaban J connectivity index is 2.42. The topological polar surface area (TPSA) is 48.1 Å². The van der Waals surface area contributed by atoms with Crippen LogP contribution in [0.1, 0.15) is 20.8 Å². The second kappa shape index (κ2) is 4.42. The van der Waals surface area contributed by atoms with Gasteiger partial charge >= 0.3 is 0 Å². The third kappa shape index (κ3) is 3.34. The van der Waals surface area contributed by atoms with E-state index in [1.165, 1.54) is 0 Å². The summed E-state index contributed by atoms with van der Waals surface area (Å²) in [6.45, 7) is 6.83. The van der Waals surface area contributed by atoms with Gasteiger partial charge in [-0.05, 0) is 17.5 Å². The number of hydrogen-bond acceptors (Lipinski definition) is 3. The van der Waals surface area contributed by atoms with E-state index in [4.69, 9.17) is 10.5 Å². The molecule has 0 fully saturated rings. The summed E-state index contributed by atoms with van der Waals surface area (Å²) in [4.78, 5) is 3.96. The van der Waals surface area contributed by atoms with Crippen molar-refractivity contribution in [3.05, 3.63) is 24.5 Å². The Bertz CT molecular complexity index is 266. The maximum absolute atomic E-state index is 5.95. The van der Waals surface area contributed by atoms with Crippen LogP contribution in [0.3, 0.4) is 0 Å². The van der Waals surface area contributed by atoms with Crippen molar-refractivity contribution in [2.24, 2.45) is 11.1 Å². The third-order valence-electron chi connectivity index (χ3n) is 2.18. The van der Waals surface area contributed by atoms with E-state index in [1.54, 1.807) is 12.4 Å². The fraction of sp³-hybridized carbons (Fsp3) is 0.545. The number of nitrogens with zero attached hydrogens (tertiary/aromatic N) is 1. The van der Waals surface area contributed by atoms with E-state index in [1.807, 2.05) is 12.1 Å². The van der Waals surface area contributed by atoms with E-state index in [9.17, 15) is 0 Å². The molecule has 78 valence electrons. The normalized spacial score (nSPS) is 13.7. The van der Waals surface area contributed by atoms with Gasteiger partial charge < -0.3 is 10.5 Å². The van der Waals surface area contributed by atoms with E-state index in [0.29, 0.717) is 6.61 Å². The van der Waals surface area contributed by atoms with Crippen LogP contribution in [0.2, 0.25) is 0 Å². The van der Waals surface area contributed by atoms with E-state index >= 15 is 0 Å². The third-order valence-corrected chi connectivity index (χ3v) is 2.18. The summed E-state index contributed by atoms with van der Waals surface area (Å²) in [7, 11) is 0. The molecule has 2 N–H and O–H groups in total. The smallest absolute Gasteiger partial charge is 0.137 e. The van der Waals surface area contributed by atoms with Gasteiger partial charge in [-0.25, -0.2) is 0 Å². The van der Waals surface area contributed by atoms with E-state index in [2.05, 4.69) is 25.8 Å². The molecule has 1 rings (SSSR count). The molecule has 1 aromatic rings. The van der Waals surface area contributed by atoms with Gasteiger partial charge in [0.2, 0.25) is 0 Å². The SMILES string of the molecule is CC(C)(C)C(N)COc1cccnc1. The number of hydrogen-bond donors (Lipinski definition) is 1. The summed E-state index contributed by atoms with van der Waals surface area (Å²) in [5.74, 6) is 0.771. The number of rotatable bonds is 3. The van der Waals surface area contributed by atoms with Crippen molar-refractivity contribution in [1.29, 1.82) is 0 Å². The molecule has 3 nitrogen and oxygen atoms in total. The molecule has 1 aromatic heterocycles. The Morgan fingerprint density at radius 2 is 2.21 bits per heavy atom. The van der Waals surface area contributed by atoms with Crippen molar-refractivity contribution >= 4 is 0 Å². The minimum atomic E-state index is 0.0303. The summed E-state index contributed by atoms with van der Waals surface area (Å²) in [6, 6.07) is 3.75. The highest BCUT2D eigenvalue weighted by Crippen LogP contribution is 2.18. The molecule has 0 aliphatic rings. The first kappa shape index (κ1) is 11.0. The molecule has 3 heteroatoms. The largest absolute Gasteiger partial charge is 0.490 e. The van der Waals surface area contributed by atoms with Crippen molar-refractivity contribution in [2.75, 3.05) is 6.61 Å². The first-order valence-corrected chi connectivity index (χ1v) is 4.78. The van der Waals surface area contributed by atoms with Crippen LogP contribution in [-0.2, 0) is 0 Å². The predicted molar refractivity (Wildman–Crippen MR) is 57.2 cm³/mol. The highest BCUT2D eigenvalue weighted by molar-refractivity contribution is 5.15. The van der Waals surface area contributed by atoms with Gasteiger partial charge in [-0.2, -0.15) is 0 Å². The molecule has 14 heavy (non-hydrogen) atoms. The minimum absolute atomic E-state index is 0.0303. The standard InChI is InChI=1S/C11H18N2O/c1-11(2,3)10(12)8-14-9-5-4-6-13-7-9/h4-7,10H,8,12H2,1-3H3. The Labute approximate surface area is 85.3 Å². The van der Waals surface area contributed by atoms with Crippen molar-refractivity contribution in [3.63, 3.8) is 0 Å². The van der Waals surface area contributed by atoms with Gasteiger partial charge in [0, 0.05) is 12.2 Å². The van der Waals surface area contributed by atoms with Crippen LogP contribution in [-0.4, -0.2) is 17.6 Å². The molecule has 1 unspecified atom stereocenters. The first-order valence-electron chi connectivity index (χ1n) is 4.78. The fourth-order valence-corrected chi connectivity index (χ4v) is 0.868. The van der Waals surface area contributed by atoms with Gasteiger partial charge in [0.15, 0.2) is 0 Å². The van der Waals surface area contributed by atoms with Crippen LogP contribution in [0.25, 0.3) is 0 Å². The maximum Gasteiger partial charge on any atom is 0.137 e. The van der Waals surface area contributed by atoms with Crippen LogP contribution in [0.4, 0.5) is 0 Å². The number of ether oxygens (including phenoxy) is 1. The Kier molecular flexibility index (Phi) is 3.47. The minimum Gasteiger partial charge on any atom is -0.490 e. The van der Waals surface area contributed by atoms with Crippen molar-refractivity contribution in [3.8, 4) is 5.75 Å². The van der Waals surface area contributed by atoms with Gasteiger partial charge in [-0.15, -0.1) is 0 Å². The molecule has 0 spiro atoms. The van der Waals surface area contributed by atoms with Crippen LogP contribution in [0.5, 0.6) is 5.75 Å². The van der Waals surface area contributed by atoms with E-state index in [-0.39, 0.29) is 11.5 Å². The maximum atomic E-state index is 5.95. The monoisotopic (exact) mass is 194 g/mol. The molecule has 0 aliphatic carbocycles. The quantitative estimate of drug-likeness (QED) is 0.798. The van der Waals surface area contributed by atoms with Gasteiger partial charge in [-0.1, -0.05) is 20.8 Å². The van der Waals surface area contributed by atoms with Crippen molar-refractivity contribution in [1.82, 2.24) is 4.98 Å². The van der Waals surface area contributed by atoms with Crippen LogP contribution in [0.15, 0.2) is 24.5 Å². The number of aromatic nitrogens is 1. The molecule has 0 saturated carbocycles. The van der Waals surface area contributed by atoms with Gasteiger partial charge in [-0.3, -0.25) is 4.98 Å². The molecule has 0 amide bonds. The van der Waals surface area contributed by atoms with Gasteiger partial charge in [0.05, 0.1) is 6.20 Å². The zero-order valence-electron chi connectivity index (χ0n) is 9.03. The van der Waals surface area contributed by atoms with Crippen LogP contribution in [0, 0.1) is 5.41 Å². The Morgan fingerprint density at radius 1 is 1.50 bits per heavy atom. The van der Waals surface area contributed by atoms with E-state index in [0.717, 1.165) is 5.75 Å². The summed E-state index contributed by atoms with van der Waals surface area (Å²) in [5, 5.41) is 0. The zero-order chi connectivity index (χ0) is 10.6. The average Bonchev–Trinajstić information content (AvgIpc) is 2.14. The van der Waals surface area contributed by atoms with E-state index < -0.39 is 0 Å². The number of nitrogens with two attached hydrogens (primary N) is 1. The molecule has 0 saturated heterocycles. The van der Waals surface area contributed by atoms with Gasteiger partial charge in [0.1, 0.15) is 12.4 Å². The Morgan fingerprint density at radius 3 is 2.71 bits per heavy atom. The molecule has 1 heterocycles. The lowest BCUT2D eigenvalue weighted by molar-refractivity contribution is 0.205. The fourth-order valence-electron chi connectivity index (χ4n) is 0.868. The second-order valence-corrected chi connectivity index (χ2v) is 4.47. The summed E-state index contributed by atoms with van der Waals surface area (Å²) >= 11 is 0. The second-order valence-electron chi connectivity index (χ2n) is 4.47. The Hall–Kier alpha value is -1.09. The molecule has 1 atom stereocenters. The summed E-state index contributed by atoms with van der Waals surface area (Å²) in [5.41, 5.74) is 6.02. The molecule has 0 aromatic carbocycles. The number of pyridine rings is 1. The molecule has 0 radical (unpaired) electrons. The summed E-state index contributed by atoms with van der Waals surface area (Å²) in [6.07, 6.45) is 3.41. The highest BCUT2D eigenvalue weighted by Gasteiger charge is 2.20. The molecule has 0 bridgehead atoms. The van der Waals surface area contributed by atoms with Crippen molar-refractivity contribution < 1.29 is 4.74 Å². The molecule has 0 aliphatic heterocycles. The molecular weight excluding hydrogens is 176 g/mol.